The summed E-state index contributed by atoms with van der Waals surface area (Å²) < 4.78 is 19.5. The predicted octanol–water partition coefficient (Wildman–Crippen LogP) is 2.30. The van der Waals surface area contributed by atoms with Crippen LogP contribution in [0.4, 0.5) is 0 Å². The third-order valence-electron chi connectivity index (χ3n) is 7.14. The van der Waals surface area contributed by atoms with Crippen LogP contribution < -0.4 is 20.1 Å². The molecule has 216 valence electrons. The second-order valence-electron chi connectivity index (χ2n) is 10.1. The van der Waals surface area contributed by atoms with Gasteiger partial charge in [-0.15, -0.1) is 10.2 Å². The first-order chi connectivity index (χ1) is 20.0. The molecule has 0 saturated carbocycles. The minimum absolute atomic E-state index is 0.00161. The molecule has 2 aromatic carbocycles. The van der Waals surface area contributed by atoms with Crippen LogP contribution in [-0.2, 0) is 27.5 Å². The van der Waals surface area contributed by atoms with Gasteiger partial charge in [0, 0.05) is 50.7 Å². The van der Waals surface area contributed by atoms with E-state index in [1.165, 1.54) is 7.11 Å². The van der Waals surface area contributed by atoms with E-state index in [0.717, 1.165) is 5.56 Å². The van der Waals surface area contributed by atoms with E-state index in [0.29, 0.717) is 74.9 Å². The standard InChI is InChI=1S/C29H34N6O6/c1-39-23-13-21-14-24(15-23)41-22-5-2-4-20(12-22)17-40-26-7-11-35(28(37)8-10-34-18-31-32-19-34)16-25(26)33-27(36)6-3-9-30-29(21)38/h2,4-5,12-15,18-19,25-26H,3,6-11,16-17H2,1H3,(H,30,38)(H,33,36)/t25-,26-/m0/s1. The number of rotatable bonds is 4. The highest BCUT2D eigenvalue weighted by Gasteiger charge is 2.33. The van der Waals surface area contributed by atoms with Crippen LogP contribution in [0.1, 0.15) is 41.6 Å². The fraction of sp³-hybridized carbons (Fsp3) is 0.414. The topological polar surface area (TPSA) is 137 Å². The lowest BCUT2D eigenvalue weighted by atomic mass is 10.0. The Morgan fingerprint density at radius 1 is 1.12 bits per heavy atom. The Morgan fingerprint density at radius 2 is 1.98 bits per heavy atom. The van der Waals surface area contributed by atoms with Crippen molar-refractivity contribution in [3.05, 3.63) is 66.2 Å². The highest BCUT2D eigenvalue weighted by molar-refractivity contribution is 5.95. The first-order valence-corrected chi connectivity index (χ1v) is 13.7. The average Bonchev–Trinajstić information content (AvgIpc) is 3.51. The van der Waals surface area contributed by atoms with Crippen molar-refractivity contribution in [3.8, 4) is 17.2 Å². The van der Waals surface area contributed by atoms with E-state index < -0.39 is 0 Å². The third-order valence-corrected chi connectivity index (χ3v) is 7.14. The number of ether oxygens (including phenoxy) is 3. The molecule has 2 aliphatic heterocycles. The maximum absolute atomic E-state index is 13.0. The Kier molecular flexibility index (Phi) is 9.09. The van der Waals surface area contributed by atoms with Crippen LogP contribution in [0.15, 0.2) is 55.1 Å². The number of hydrogen-bond acceptors (Lipinski definition) is 8. The van der Waals surface area contributed by atoms with Crippen molar-refractivity contribution in [2.75, 3.05) is 26.7 Å². The van der Waals surface area contributed by atoms with Gasteiger partial charge in [-0.1, -0.05) is 12.1 Å². The molecule has 1 fully saturated rings. The van der Waals surface area contributed by atoms with Crippen molar-refractivity contribution < 1.29 is 28.6 Å². The highest BCUT2D eigenvalue weighted by atomic mass is 16.5. The van der Waals surface area contributed by atoms with Crippen LogP contribution in [-0.4, -0.2) is 76.3 Å². The minimum Gasteiger partial charge on any atom is -0.497 e. The van der Waals surface area contributed by atoms with Crippen molar-refractivity contribution in [1.82, 2.24) is 30.3 Å². The number of hydrogen-bond donors (Lipinski definition) is 2. The quantitative estimate of drug-likeness (QED) is 0.494. The molecule has 0 radical (unpaired) electrons. The van der Waals surface area contributed by atoms with E-state index in [1.807, 2.05) is 24.3 Å². The van der Waals surface area contributed by atoms with E-state index in [1.54, 1.807) is 40.3 Å². The molecular weight excluding hydrogens is 528 g/mol. The van der Waals surface area contributed by atoms with Crippen LogP contribution >= 0.6 is 0 Å². The Balaban J connectivity index is 1.31. The Labute approximate surface area is 238 Å². The van der Waals surface area contributed by atoms with Gasteiger partial charge in [-0.25, -0.2) is 0 Å². The number of nitrogens with one attached hydrogen (secondary N) is 2. The number of likely N-dealkylation sites (tertiary alicyclic amines) is 1. The molecule has 0 aliphatic carbocycles. The fourth-order valence-electron chi connectivity index (χ4n) is 4.97. The Bertz CT molecular complexity index is 1360. The molecule has 5 rings (SSSR count). The van der Waals surface area contributed by atoms with Gasteiger partial charge in [-0.3, -0.25) is 14.4 Å². The van der Waals surface area contributed by atoms with Gasteiger partial charge in [0.05, 0.1) is 25.9 Å². The van der Waals surface area contributed by atoms with Crippen LogP contribution in [0.3, 0.4) is 0 Å². The van der Waals surface area contributed by atoms with Crippen molar-refractivity contribution in [2.45, 2.75) is 51.0 Å². The SMILES string of the molecule is COc1cc2cc(c1)C(=O)NCCCC(=O)N[C@H]1CN(C(=O)CCn3cnnc3)CC[C@@H]1OCc1cccc(c1)O2. The monoisotopic (exact) mass is 562 g/mol. The minimum atomic E-state index is -0.365. The second kappa shape index (κ2) is 13.3. The molecule has 0 unspecified atom stereocenters. The molecule has 4 bridgehead atoms. The summed E-state index contributed by atoms with van der Waals surface area (Å²) in [5.74, 6) is 1.11. The van der Waals surface area contributed by atoms with Crippen molar-refractivity contribution >= 4 is 17.7 Å². The number of methoxy groups -OCH3 is 1. The van der Waals surface area contributed by atoms with Gasteiger partial charge in [0.2, 0.25) is 11.8 Å². The maximum Gasteiger partial charge on any atom is 0.251 e. The van der Waals surface area contributed by atoms with E-state index in [-0.39, 0.29) is 36.3 Å². The normalized spacial score (nSPS) is 20.0. The van der Waals surface area contributed by atoms with Crippen LogP contribution in [0.5, 0.6) is 17.2 Å². The maximum atomic E-state index is 13.0. The molecule has 0 spiro atoms. The van der Waals surface area contributed by atoms with Crippen molar-refractivity contribution in [2.24, 2.45) is 0 Å². The fourth-order valence-corrected chi connectivity index (χ4v) is 4.97. The molecule has 1 aromatic heterocycles. The number of aromatic nitrogens is 3. The summed E-state index contributed by atoms with van der Waals surface area (Å²) in [6, 6.07) is 12.2. The van der Waals surface area contributed by atoms with Gasteiger partial charge in [-0.05, 0) is 42.7 Å². The van der Waals surface area contributed by atoms with Crippen LogP contribution in [0, 0.1) is 0 Å². The van der Waals surface area contributed by atoms with Gasteiger partial charge < -0.3 is 34.3 Å². The predicted molar refractivity (Wildman–Crippen MR) is 147 cm³/mol. The van der Waals surface area contributed by atoms with Gasteiger partial charge in [0.25, 0.3) is 5.91 Å². The molecule has 1 saturated heterocycles. The smallest absolute Gasteiger partial charge is 0.251 e. The summed E-state index contributed by atoms with van der Waals surface area (Å²) in [5, 5.41) is 13.5. The van der Waals surface area contributed by atoms with E-state index in [2.05, 4.69) is 20.8 Å². The van der Waals surface area contributed by atoms with Gasteiger partial charge in [-0.2, -0.15) is 0 Å². The zero-order valence-corrected chi connectivity index (χ0v) is 23.0. The summed E-state index contributed by atoms with van der Waals surface area (Å²) in [6.45, 7) is 2.00. The zero-order chi connectivity index (χ0) is 28.6. The lowest BCUT2D eigenvalue weighted by Crippen LogP contribution is -2.57. The summed E-state index contributed by atoms with van der Waals surface area (Å²) in [6.07, 6.45) is 4.46. The van der Waals surface area contributed by atoms with Crippen molar-refractivity contribution in [1.29, 1.82) is 0 Å². The highest BCUT2D eigenvalue weighted by Crippen LogP contribution is 2.28. The van der Waals surface area contributed by atoms with E-state index >= 15 is 0 Å². The lowest BCUT2D eigenvalue weighted by molar-refractivity contribution is -0.137. The van der Waals surface area contributed by atoms with E-state index in [4.69, 9.17) is 14.2 Å². The number of carbonyl (C=O) groups excluding carboxylic acids is 3. The Hall–Kier alpha value is -4.45. The van der Waals surface area contributed by atoms with Gasteiger partial charge in [0.1, 0.15) is 29.9 Å². The molecule has 3 aromatic rings. The molecule has 3 heterocycles. The molecule has 12 nitrogen and oxygen atoms in total. The molecular formula is C29H34N6O6. The average molecular weight is 563 g/mol. The number of aryl methyl sites for hydroxylation is 1. The molecule has 2 aliphatic rings. The molecule has 2 N–H and O–H groups in total. The summed E-state index contributed by atoms with van der Waals surface area (Å²) in [5.41, 5.74) is 1.28. The number of amides is 3. The molecule has 2 atom stereocenters. The first-order valence-electron chi connectivity index (χ1n) is 13.7. The number of benzene rings is 2. The van der Waals surface area contributed by atoms with E-state index in [9.17, 15) is 14.4 Å². The molecule has 3 amide bonds. The van der Waals surface area contributed by atoms with Gasteiger partial charge in [0.15, 0.2) is 0 Å². The largest absolute Gasteiger partial charge is 0.497 e. The lowest BCUT2D eigenvalue weighted by Gasteiger charge is -2.39. The van der Waals surface area contributed by atoms with Gasteiger partial charge >= 0.3 is 0 Å². The van der Waals surface area contributed by atoms with Crippen molar-refractivity contribution in [3.63, 3.8) is 0 Å². The first kappa shape index (κ1) is 28.1. The molecule has 12 heteroatoms. The number of fused-ring (bicyclic) bond motifs is 5. The molecule has 41 heavy (non-hydrogen) atoms. The van der Waals surface area contributed by atoms with Crippen LogP contribution in [0.25, 0.3) is 0 Å². The number of nitrogens with zero attached hydrogens (tertiary/aromatic N) is 4. The Morgan fingerprint density at radius 3 is 2.80 bits per heavy atom. The number of piperidine rings is 1. The summed E-state index contributed by atoms with van der Waals surface area (Å²) in [7, 11) is 1.53. The summed E-state index contributed by atoms with van der Waals surface area (Å²) >= 11 is 0. The van der Waals surface area contributed by atoms with Crippen LogP contribution in [0.2, 0.25) is 0 Å². The zero-order valence-electron chi connectivity index (χ0n) is 23.0. The third kappa shape index (κ3) is 7.60. The number of carbonyl (C=O) groups is 3. The summed E-state index contributed by atoms with van der Waals surface area (Å²) in [4.78, 5) is 40.5. The second-order valence-corrected chi connectivity index (χ2v) is 10.1.